The fourth-order valence-corrected chi connectivity index (χ4v) is 4.21. The second kappa shape index (κ2) is 8.56. The Kier molecular flexibility index (Phi) is 6.12. The highest BCUT2D eigenvalue weighted by molar-refractivity contribution is 7.89. The van der Waals surface area contributed by atoms with Crippen molar-refractivity contribution in [2.45, 2.75) is 11.8 Å². The number of ether oxygens (including phenoxy) is 1. The Hall–Kier alpha value is -3.01. The van der Waals surface area contributed by atoms with Crippen molar-refractivity contribution < 1.29 is 22.7 Å². The normalized spacial score (nSPS) is 11.1. The van der Waals surface area contributed by atoms with Gasteiger partial charge in [0.2, 0.25) is 0 Å². The molecule has 3 rings (SSSR count). The molecule has 0 aliphatic carbocycles. The summed E-state index contributed by atoms with van der Waals surface area (Å²) in [4.78, 5) is 26.3. The van der Waals surface area contributed by atoms with Crippen molar-refractivity contribution in [1.29, 1.82) is 0 Å². The van der Waals surface area contributed by atoms with Crippen molar-refractivity contribution in [3.8, 4) is 11.1 Å². The topological polar surface area (TPSA) is 102 Å². The Morgan fingerprint density at radius 3 is 2.24 bits per heavy atom. The van der Waals surface area contributed by atoms with Gasteiger partial charge in [0.05, 0.1) is 17.6 Å². The van der Waals surface area contributed by atoms with Gasteiger partial charge in [0.1, 0.15) is 4.88 Å². The maximum Gasteiger partial charge on any atom is 0.337 e. The lowest BCUT2D eigenvalue weighted by molar-refractivity contribution is 0.0600. The van der Waals surface area contributed by atoms with Crippen LogP contribution in [-0.2, 0) is 14.8 Å². The molecule has 1 heterocycles. The summed E-state index contributed by atoms with van der Waals surface area (Å²) in [5, 5.41) is 1.77. The second-order valence-electron chi connectivity index (χ2n) is 6.11. The molecule has 2 aromatic carbocycles. The van der Waals surface area contributed by atoms with Crippen LogP contribution in [0, 0.1) is 6.92 Å². The number of esters is 1. The molecule has 29 heavy (non-hydrogen) atoms. The van der Waals surface area contributed by atoms with E-state index in [4.69, 9.17) is 0 Å². The second-order valence-corrected chi connectivity index (χ2v) is 8.70. The minimum atomic E-state index is -4.01. The van der Waals surface area contributed by atoms with Gasteiger partial charge in [-0.2, -0.15) is 0 Å². The highest BCUT2D eigenvalue weighted by Crippen LogP contribution is 2.28. The van der Waals surface area contributed by atoms with Crippen LogP contribution >= 0.6 is 11.3 Å². The standard InChI is InChI=1S/C20H18N2O5S2/c1-13-3-5-14(6-4-13)17-11-12-28-18(17)19(23)21-22-29(25,26)16-9-7-15(8-10-16)20(24)27-2/h3-12,22H,1-2H3,(H,21,23). The lowest BCUT2D eigenvalue weighted by Gasteiger charge is -2.09. The van der Waals surface area contributed by atoms with E-state index in [2.05, 4.69) is 15.0 Å². The van der Waals surface area contributed by atoms with Gasteiger partial charge < -0.3 is 4.74 Å². The van der Waals surface area contributed by atoms with Crippen LogP contribution < -0.4 is 10.3 Å². The van der Waals surface area contributed by atoms with Gasteiger partial charge in [0, 0.05) is 5.56 Å². The summed E-state index contributed by atoms with van der Waals surface area (Å²) in [5.74, 6) is -1.14. The van der Waals surface area contributed by atoms with Crippen LogP contribution in [0.3, 0.4) is 0 Å². The number of methoxy groups -OCH3 is 1. The number of hydrazine groups is 1. The fraction of sp³-hybridized carbons (Fsp3) is 0.100. The molecular weight excluding hydrogens is 412 g/mol. The van der Waals surface area contributed by atoms with E-state index in [1.165, 1.54) is 42.7 Å². The minimum absolute atomic E-state index is 0.101. The number of sulfonamides is 1. The Morgan fingerprint density at radius 2 is 1.62 bits per heavy atom. The number of nitrogens with one attached hydrogen (secondary N) is 2. The molecule has 0 spiro atoms. The molecule has 0 radical (unpaired) electrons. The third-order valence-electron chi connectivity index (χ3n) is 4.12. The van der Waals surface area contributed by atoms with Gasteiger partial charge >= 0.3 is 5.97 Å². The minimum Gasteiger partial charge on any atom is -0.465 e. The fourth-order valence-electron chi connectivity index (χ4n) is 2.56. The summed E-state index contributed by atoms with van der Waals surface area (Å²) in [6.45, 7) is 1.97. The molecule has 2 N–H and O–H groups in total. The van der Waals surface area contributed by atoms with Crippen LogP contribution in [0.5, 0.6) is 0 Å². The molecule has 0 atom stereocenters. The molecule has 0 aliphatic heterocycles. The zero-order chi connectivity index (χ0) is 21.0. The van der Waals surface area contributed by atoms with Crippen LogP contribution in [0.15, 0.2) is 64.9 Å². The molecule has 0 fully saturated rings. The van der Waals surface area contributed by atoms with Gasteiger partial charge in [-0.15, -0.1) is 16.2 Å². The lowest BCUT2D eigenvalue weighted by atomic mass is 10.1. The number of aryl methyl sites for hydroxylation is 1. The van der Waals surface area contributed by atoms with Crippen LogP contribution in [0.25, 0.3) is 11.1 Å². The number of rotatable bonds is 6. The first-order valence-corrected chi connectivity index (χ1v) is 10.8. The third-order valence-corrected chi connectivity index (χ3v) is 6.30. The maximum absolute atomic E-state index is 12.5. The van der Waals surface area contributed by atoms with E-state index in [-0.39, 0.29) is 10.5 Å². The SMILES string of the molecule is COC(=O)c1ccc(S(=O)(=O)NNC(=O)c2sccc2-c2ccc(C)cc2)cc1. The molecule has 0 bridgehead atoms. The van der Waals surface area contributed by atoms with E-state index in [0.29, 0.717) is 10.4 Å². The summed E-state index contributed by atoms with van der Waals surface area (Å²) in [6, 6.07) is 14.7. The van der Waals surface area contributed by atoms with E-state index in [1.807, 2.05) is 37.3 Å². The van der Waals surface area contributed by atoms with E-state index in [0.717, 1.165) is 11.1 Å². The molecule has 150 valence electrons. The Bertz CT molecular complexity index is 1130. The molecule has 0 unspecified atom stereocenters. The Labute approximate surface area is 172 Å². The monoisotopic (exact) mass is 430 g/mol. The molecule has 9 heteroatoms. The summed E-state index contributed by atoms with van der Waals surface area (Å²) >= 11 is 1.21. The third kappa shape index (κ3) is 4.70. The number of benzene rings is 2. The van der Waals surface area contributed by atoms with Gasteiger partial charge in [-0.3, -0.25) is 10.2 Å². The molecule has 0 aliphatic rings. The zero-order valence-corrected chi connectivity index (χ0v) is 17.3. The van der Waals surface area contributed by atoms with E-state index in [1.54, 1.807) is 5.38 Å². The van der Waals surface area contributed by atoms with Gasteiger partial charge in [-0.05, 0) is 48.2 Å². The van der Waals surface area contributed by atoms with Gasteiger partial charge in [0.15, 0.2) is 0 Å². The number of amides is 1. The first-order chi connectivity index (χ1) is 13.8. The van der Waals surface area contributed by atoms with Gasteiger partial charge in [-0.1, -0.05) is 29.8 Å². The first-order valence-electron chi connectivity index (χ1n) is 8.47. The van der Waals surface area contributed by atoms with Crippen molar-refractivity contribution in [2.75, 3.05) is 7.11 Å². The Balaban J connectivity index is 1.73. The van der Waals surface area contributed by atoms with Crippen molar-refractivity contribution in [2.24, 2.45) is 0 Å². The molecule has 3 aromatic rings. The molecule has 0 saturated heterocycles. The predicted molar refractivity (Wildman–Crippen MR) is 110 cm³/mol. The maximum atomic E-state index is 12.5. The highest BCUT2D eigenvalue weighted by atomic mass is 32.2. The number of hydrogen-bond acceptors (Lipinski definition) is 6. The summed E-state index contributed by atoms with van der Waals surface area (Å²) < 4.78 is 29.4. The summed E-state index contributed by atoms with van der Waals surface area (Å²) in [7, 11) is -2.77. The first kappa shape index (κ1) is 20.7. The van der Waals surface area contributed by atoms with Crippen molar-refractivity contribution in [3.63, 3.8) is 0 Å². The summed E-state index contributed by atoms with van der Waals surface area (Å²) in [5.41, 5.74) is 5.13. The smallest absolute Gasteiger partial charge is 0.337 e. The van der Waals surface area contributed by atoms with Crippen LogP contribution in [0.1, 0.15) is 25.6 Å². The van der Waals surface area contributed by atoms with E-state index >= 15 is 0 Å². The molecule has 1 aromatic heterocycles. The number of thiophene rings is 1. The number of hydrogen-bond donors (Lipinski definition) is 2. The Morgan fingerprint density at radius 1 is 0.966 bits per heavy atom. The largest absolute Gasteiger partial charge is 0.465 e. The van der Waals surface area contributed by atoms with E-state index in [9.17, 15) is 18.0 Å². The van der Waals surface area contributed by atoms with E-state index < -0.39 is 21.9 Å². The van der Waals surface area contributed by atoms with Gasteiger partial charge in [-0.25, -0.2) is 13.2 Å². The number of carbonyl (C=O) groups is 2. The van der Waals surface area contributed by atoms with Crippen LogP contribution in [0.4, 0.5) is 0 Å². The van der Waals surface area contributed by atoms with Crippen molar-refractivity contribution in [3.05, 3.63) is 76.0 Å². The summed E-state index contributed by atoms with van der Waals surface area (Å²) in [6.07, 6.45) is 0. The van der Waals surface area contributed by atoms with Crippen molar-refractivity contribution in [1.82, 2.24) is 10.3 Å². The zero-order valence-electron chi connectivity index (χ0n) is 15.6. The average Bonchev–Trinajstić information content (AvgIpc) is 3.22. The number of carbonyl (C=O) groups excluding carboxylic acids is 2. The van der Waals surface area contributed by atoms with Crippen LogP contribution in [0.2, 0.25) is 0 Å². The molecular formula is C20H18N2O5S2. The lowest BCUT2D eigenvalue weighted by Crippen LogP contribution is -2.41. The quantitative estimate of drug-likeness (QED) is 0.462. The van der Waals surface area contributed by atoms with Crippen molar-refractivity contribution >= 4 is 33.2 Å². The molecule has 7 nitrogen and oxygen atoms in total. The molecule has 0 saturated carbocycles. The average molecular weight is 431 g/mol. The highest BCUT2D eigenvalue weighted by Gasteiger charge is 2.19. The molecule has 1 amide bonds. The van der Waals surface area contributed by atoms with Gasteiger partial charge in [0.25, 0.3) is 15.9 Å². The van der Waals surface area contributed by atoms with Crippen LogP contribution in [-0.4, -0.2) is 27.4 Å². The predicted octanol–water partition coefficient (Wildman–Crippen LogP) is 3.13.